The van der Waals surface area contributed by atoms with Crippen LogP contribution in [-0.4, -0.2) is 15.2 Å². The summed E-state index contributed by atoms with van der Waals surface area (Å²) in [5.41, 5.74) is 1.02. The number of aromatic amines is 1. The van der Waals surface area contributed by atoms with E-state index in [1.165, 1.54) is 0 Å². The van der Waals surface area contributed by atoms with E-state index in [9.17, 15) is 0 Å². The Kier molecular flexibility index (Phi) is 3.23. The van der Waals surface area contributed by atoms with Crippen LogP contribution >= 0.6 is 23.2 Å². The predicted molar refractivity (Wildman–Crippen MR) is 60.2 cm³/mol. The maximum absolute atomic E-state index is 6.03. The second-order valence-electron chi connectivity index (χ2n) is 3.10. The van der Waals surface area contributed by atoms with E-state index in [4.69, 9.17) is 23.2 Å². The van der Waals surface area contributed by atoms with Crippen LogP contribution in [0.4, 0.5) is 0 Å². The van der Waals surface area contributed by atoms with Crippen molar-refractivity contribution in [1.82, 2.24) is 15.2 Å². The quantitative estimate of drug-likeness (QED) is 0.841. The molecular weight excluding hydrogens is 233 g/mol. The number of rotatable bonds is 3. The second kappa shape index (κ2) is 4.64. The number of hydrogen-bond donors (Lipinski definition) is 1. The van der Waals surface area contributed by atoms with Gasteiger partial charge in [0.15, 0.2) is 5.82 Å². The summed E-state index contributed by atoms with van der Waals surface area (Å²) in [6.45, 7) is 0. The predicted octanol–water partition coefficient (Wildman–Crippen LogP) is 2.79. The van der Waals surface area contributed by atoms with Gasteiger partial charge in [-0.1, -0.05) is 29.8 Å². The van der Waals surface area contributed by atoms with Gasteiger partial charge in [-0.3, -0.25) is 5.10 Å². The van der Waals surface area contributed by atoms with Crippen molar-refractivity contribution in [2.24, 2.45) is 0 Å². The third kappa shape index (κ3) is 2.49. The summed E-state index contributed by atoms with van der Waals surface area (Å²) in [5.74, 6) is 1.71. The summed E-state index contributed by atoms with van der Waals surface area (Å²) in [5, 5.41) is 7.51. The zero-order chi connectivity index (χ0) is 10.7. The Bertz CT molecular complexity index is 453. The van der Waals surface area contributed by atoms with E-state index in [2.05, 4.69) is 15.2 Å². The molecule has 2 aromatic rings. The highest BCUT2D eigenvalue weighted by molar-refractivity contribution is 6.31. The number of nitrogens with zero attached hydrogens (tertiary/aromatic N) is 2. The molecule has 0 atom stereocenters. The Balaban J connectivity index is 2.18. The Hall–Kier alpha value is -1.06. The summed E-state index contributed by atoms with van der Waals surface area (Å²) in [7, 11) is 0. The van der Waals surface area contributed by atoms with Crippen molar-refractivity contribution in [2.45, 2.75) is 12.3 Å². The molecule has 0 radical (unpaired) electrons. The van der Waals surface area contributed by atoms with Crippen molar-refractivity contribution < 1.29 is 0 Å². The Morgan fingerprint density at radius 1 is 1.27 bits per heavy atom. The number of halogens is 2. The van der Waals surface area contributed by atoms with Crippen molar-refractivity contribution >= 4 is 23.2 Å². The molecule has 0 aliphatic heterocycles. The van der Waals surface area contributed by atoms with Crippen LogP contribution in [0.15, 0.2) is 24.3 Å². The number of alkyl halides is 1. The average molecular weight is 242 g/mol. The average Bonchev–Trinajstić information content (AvgIpc) is 2.69. The number of H-pyrrole nitrogens is 1. The summed E-state index contributed by atoms with van der Waals surface area (Å²) in [6.07, 6.45) is 0.642. The second-order valence-corrected chi connectivity index (χ2v) is 3.77. The van der Waals surface area contributed by atoms with Crippen LogP contribution in [0.25, 0.3) is 0 Å². The van der Waals surface area contributed by atoms with Crippen LogP contribution in [0, 0.1) is 0 Å². The molecule has 0 bridgehead atoms. The lowest BCUT2D eigenvalue weighted by Gasteiger charge is -1.99. The van der Waals surface area contributed by atoms with Gasteiger partial charge >= 0.3 is 0 Å². The van der Waals surface area contributed by atoms with Gasteiger partial charge < -0.3 is 0 Å². The normalized spacial score (nSPS) is 10.5. The molecule has 5 heteroatoms. The fourth-order valence-corrected chi connectivity index (χ4v) is 1.62. The molecule has 0 aliphatic rings. The summed E-state index contributed by atoms with van der Waals surface area (Å²) in [6, 6.07) is 7.66. The van der Waals surface area contributed by atoms with Crippen molar-refractivity contribution in [3.05, 3.63) is 46.5 Å². The van der Waals surface area contributed by atoms with Crippen LogP contribution in [0.2, 0.25) is 5.02 Å². The summed E-state index contributed by atoms with van der Waals surface area (Å²) >= 11 is 11.6. The largest absolute Gasteiger partial charge is 0.263 e. The van der Waals surface area contributed by atoms with E-state index >= 15 is 0 Å². The lowest BCUT2D eigenvalue weighted by molar-refractivity contribution is 0.968. The van der Waals surface area contributed by atoms with Crippen molar-refractivity contribution in [3.8, 4) is 0 Å². The van der Waals surface area contributed by atoms with Crippen molar-refractivity contribution in [1.29, 1.82) is 0 Å². The van der Waals surface area contributed by atoms with Gasteiger partial charge in [0.05, 0.1) is 5.88 Å². The highest BCUT2D eigenvalue weighted by atomic mass is 35.5. The first-order valence-electron chi connectivity index (χ1n) is 4.49. The molecule has 1 aromatic heterocycles. The first-order valence-corrected chi connectivity index (χ1v) is 5.40. The maximum atomic E-state index is 6.03. The van der Waals surface area contributed by atoms with Gasteiger partial charge in [-0.2, -0.15) is 5.10 Å². The smallest absolute Gasteiger partial charge is 0.165 e. The van der Waals surface area contributed by atoms with Gasteiger partial charge in [-0.25, -0.2) is 4.98 Å². The van der Waals surface area contributed by atoms with Gasteiger partial charge in [-0.05, 0) is 11.6 Å². The number of benzene rings is 1. The SMILES string of the molecule is ClCc1n[nH]c(Cc2ccccc2Cl)n1. The van der Waals surface area contributed by atoms with Gasteiger partial charge in [-0.15, -0.1) is 11.6 Å². The summed E-state index contributed by atoms with van der Waals surface area (Å²) in [4.78, 5) is 4.21. The minimum atomic E-state index is 0.318. The van der Waals surface area contributed by atoms with Crippen LogP contribution in [0.5, 0.6) is 0 Å². The minimum absolute atomic E-state index is 0.318. The standard InChI is InChI=1S/C10H9Cl2N3/c11-6-10-13-9(14-15-10)5-7-3-1-2-4-8(7)12/h1-4H,5-6H2,(H,13,14,15). The third-order valence-corrected chi connectivity index (χ3v) is 2.62. The molecule has 0 saturated carbocycles. The topological polar surface area (TPSA) is 41.6 Å². The monoisotopic (exact) mass is 241 g/mol. The first-order chi connectivity index (χ1) is 7.29. The molecule has 1 N–H and O–H groups in total. The van der Waals surface area contributed by atoms with Crippen LogP contribution in [0.3, 0.4) is 0 Å². The van der Waals surface area contributed by atoms with Gasteiger partial charge in [0, 0.05) is 11.4 Å². The molecule has 15 heavy (non-hydrogen) atoms. The molecule has 1 aromatic carbocycles. The van der Waals surface area contributed by atoms with E-state index in [0.717, 1.165) is 16.4 Å². The Morgan fingerprint density at radius 2 is 2.07 bits per heavy atom. The number of nitrogens with one attached hydrogen (secondary N) is 1. The highest BCUT2D eigenvalue weighted by Gasteiger charge is 2.05. The van der Waals surface area contributed by atoms with Gasteiger partial charge in [0.2, 0.25) is 0 Å². The van der Waals surface area contributed by atoms with E-state index in [-0.39, 0.29) is 0 Å². The van der Waals surface area contributed by atoms with Crippen LogP contribution in [-0.2, 0) is 12.3 Å². The van der Waals surface area contributed by atoms with Crippen LogP contribution in [0.1, 0.15) is 17.2 Å². The fraction of sp³-hybridized carbons (Fsp3) is 0.200. The van der Waals surface area contributed by atoms with E-state index in [1.54, 1.807) is 0 Å². The zero-order valence-electron chi connectivity index (χ0n) is 7.87. The van der Waals surface area contributed by atoms with Gasteiger partial charge in [0.25, 0.3) is 0 Å². The van der Waals surface area contributed by atoms with E-state index < -0.39 is 0 Å². The first kappa shape index (κ1) is 10.5. The molecule has 0 spiro atoms. The molecule has 0 unspecified atom stereocenters. The lowest BCUT2D eigenvalue weighted by Crippen LogP contribution is -1.91. The molecular formula is C10H9Cl2N3. The Labute approximate surface area is 97.4 Å². The highest BCUT2D eigenvalue weighted by Crippen LogP contribution is 2.17. The number of aromatic nitrogens is 3. The Morgan fingerprint density at radius 3 is 2.73 bits per heavy atom. The third-order valence-electron chi connectivity index (χ3n) is 2.01. The van der Waals surface area contributed by atoms with Crippen molar-refractivity contribution in [2.75, 3.05) is 0 Å². The molecule has 1 heterocycles. The molecule has 0 aliphatic carbocycles. The minimum Gasteiger partial charge on any atom is -0.263 e. The summed E-state index contributed by atoms with van der Waals surface area (Å²) < 4.78 is 0. The fourth-order valence-electron chi connectivity index (χ4n) is 1.30. The van der Waals surface area contributed by atoms with Crippen molar-refractivity contribution in [3.63, 3.8) is 0 Å². The molecule has 0 saturated heterocycles. The number of hydrogen-bond acceptors (Lipinski definition) is 2. The van der Waals surface area contributed by atoms with E-state index in [1.807, 2.05) is 24.3 Å². The molecule has 0 amide bonds. The zero-order valence-corrected chi connectivity index (χ0v) is 9.39. The molecule has 2 rings (SSSR count). The maximum Gasteiger partial charge on any atom is 0.165 e. The van der Waals surface area contributed by atoms with Gasteiger partial charge in [0.1, 0.15) is 5.82 Å². The van der Waals surface area contributed by atoms with Crippen LogP contribution < -0.4 is 0 Å². The molecule has 78 valence electrons. The molecule has 0 fully saturated rings. The lowest BCUT2D eigenvalue weighted by atomic mass is 10.1. The van der Waals surface area contributed by atoms with E-state index in [0.29, 0.717) is 18.1 Å². The molecule has 3 nitrogen and oxygen atoms in total.